The number of carboxylic acids is 3. The van der Waals surface area contributed by atoms with Crippen LogP contribution in [0.4, 0.5) is 4.39 Å². The lowest BCUT2D eigenvalue weighted by atomic mass is 10.1. The Kier molecular flexibility index (Phi) is 27.3. The molecule has 28 heteroatoms. The van der Waals surface area contributed by atoms with Gasteiger partial charge in [0.2, 0.25) is 23.7 Å². The highest BCUT2D eigenvalue weighted by molar-refractivity contribution is 6.07. The van der Waals surface area contributed by atoms with E-state index in [1.807, 2.05) is 0 Å². The van der Waals surface area contributed by atoms with E-state index in [2.05, 4.69) is 36.9 Å². The number of carboxylic acid groups (broad SMARTS) is 3. The molecule has 3 fully saturated rings. The summed E-state index contributed by atoms with van der Waals surface area (Å²) >= 11 is 0. The fraction of sp³-hybridized carbons (Fsp3) is 0.589. The Morgan fingerprint density at radius 2 is 1.30 bits per heavy atom. The van der Waals surface area contributed by atoms with Crippen molar-refractivity contribution in [3.63, 3.8) is 0 Å². The Bertz CT molecular complexity index is 2680. The second-order valence-corrected chi connectivity index (χ2v) is 20.7. The molecular formula is C56H78FN13O14. The smallest absolute Gasteiger partial charge is 0.317 e. The molecule has 6 rings (SSSR count). The summed E-state index contributed by atoms with van der Waals surface area (Å²) in [5, 5.41) is 47.2. The van der Waals surface area contributed by atoms with E-state index in [0.717, 1.165) is 18.7 Å². The van der Waals surface area contributed by atoms with Crippen LogP contribution in [0.5, 0.6) is 5.75 Å². The Morgan fingerprint density at radius 3 is 1.88 bits per heavy atom. The summed E-state index contributed by atoms with van der Waals surface area (Å²) in [6, 6.07) is 9.90. The van der Waals surface area contributed by atoms with E-state index in [0.29, 0.717) is 93.9 Å². The molecule has 2 aromatic heterocycles. The molecule has 458 valence electrons. The molecule has 6 N–H and O–H groups in total. The largest absolute Gasteiger partial charge is 0.494 e. The van der Waals surface area contributed by atoms with Crippen LogP contribution in [-0.4, -0.2) is 283 Å². The Hall–Kier alpha value is -7.52. The molecule has 27 nitrogen and oxygen atoms in total. The van der Waals surface area contributed by atoms with E-state index in [4.69, 9.17) is 14.2 Å². The molecule has 0 aliphatic carbocycles. The minimum absolute atomic E-state index is 0.174. The summed E-state index contributed by atoms with van der Waals surface area (Å²) in [4.78, 5) is 123. The van der Waals surface area contributed by atoms with Gasteiger partial charge in [-0.15, -0.1) is 0 Å². The number of aliphatic carboxylic acids is 3. The van der Waals surface area contributed by atoms with Crippen LogP contribution >= 0.6 is 0 Å². The topological polar surface area (TPSA) is 333 Å². The standard InChI is InChI=1S/C56H78FN13O14/c57-48-10-7-41(35-61-48)54(79)60-12-2-1-6-47(63-49(71)37-65-16-18-66(38-51(73)74)20-22-68(40-53(77)78)23-21-67(19-17-65)39-52(75)76)56(81)69-26-31-82-29-24-64(25-30-83-32-27-69)14-4-28-84-43-8-9-46-45(33-43)44(11-13-59-46)55(80)62-36-50(72)70-15-3-5-42(70)34-58/h7-11,13,33,35,42,47H,1-6,12,14-32,36-40H2,(H,60,79)(H,62,80)(H,63,71)(H,73,74)(H,75,76)(H,77,78)/t42-,47-/m0/s1. The van der Waals surface area contributed by atoms with Crippen LogP contribution in [0.2, 0.25) is 0 Å². The molecule has 0 spiro atoms. The molecule has 0 saturated carbocycles. The molecular weight excluding hydrogens is 1100 g/mol. The number of likely N-dealkylation sites (tertiary alicyclic amines) is 1. The first kappa shape index (κ1) is 65.6. The molecule has 3 aromatic rings. The summed E-state index contributed by atoms with van der Waals surface area (Å²) in [7, 11) is 0. The quantitative estimate of drug-likeness (QED) is 0.0487. The zero-order valence-electron chi connectivity index (χ0n) is 47.4. The number of amides is 5. The van der Waals surface area contributed by atoms with E-state index in [9.17, 15) is 63.3 Å². The highest BCUT2D eigenvalue weighted by Crippen LogP contribution is 2.23. The maximum Gasteiger partial charge on any atom is 0.317 e. The van der Waals surface area contributed by atoms with E-state index >= 15 is 0 Å². The van der Waals surface area contributed by atoms with Gasteiger partial charge in [0.15, 0.2) is 0 Å². The number of fused-ring (bicyclic) bond motifs is 1. The van der Waals surface area contributed by atoms with Gasteiger partial charge in [-0.1, -0.05) is 0 Å². The second kappa shape index (κ2) is 34.9. The van der Waals surface area contributed by atoms with Crippen molar-refractivity contribution < 1.29 is 72.3 Å². The zero-order valence-corrected chi connectivity index (χ0v) is 47.4. The van der Waals surface area contributed by atoms with Crippen molar-refractivity contribution in [2.45, 2.75) is 50.6 Å². The number of rotatable bonds is 24. The number of hydrogen-bond donors (Lipinski definition) is 6. The molecule has 3 aliphatic rings. The number of nitriles is 1. The number of carbonyl (C=O) groups excluding carboxylic acids is 5. The average molecular weight is 1180 g/mol. The van der Waals surface area contributed by atoms with Crippen molar-refractivity contribution in [2.24, 2.45) is 0 Å². The number of ether oxygens (including phenoxy) is 3. The number of aromatic nitrogens is 2. The fourth-order valence-corrected chi connectivity index (χ4v) is 10.0. The predicted octanol–water partition coefficient (Wildman–Crippen LogP) is -0.480. The average Bonchev–Trinajstić information content (AvgIpc) is 3.66. The first-order valence-electron chi connectivity index (χ1n) is 28.4. The summed E-state index contributed by atoms with van der Waals surface area (Å²) in [6.45, 7) is 4.41. The zero-order chi connectivity index (χ0) is 60.2. The first-order chi connectivity index (χ1) is 40.5. The third-order valence-corrected chi connectivity index (χ3v) is 14.6. The van der Waals surface area contributed by atoms with E-state index in [-0.39, 0.29) is 142 Å². The number of unbranched alkanes of at least 4 members (excludes halogenated alkanes) is 1. The molecule has 1 aromatic carbocycles. The van der Waals surface area contributed by atoms with E-state index < -0.39 is 53.7 Å². The Morgan fingerprint density at radius 1 is 0.690 bits per heavy atom. The monoisotopic (exact) mass is 1180 g/mol. The lowest BCUT2D eigenvalue weighted by molar-refractivity contribution is -0.140. The molecule has 0 unspecified atom stereocenters. The van der Waals surface area contributed by atoms with Gasteiger partial charge in [-0.05, 0) is 74.9 Å². The van der Waals surface area contributed by atoms with Crippen molar-refractivity contribution >= 4 is 58.3 Å². The number of nitrogens with zero attached hydrogens (tertiary/aromatic N) is 10. The summed E-state index contributed by atoms with van der Waals surface area (Å²) in [6.07, 6.45) is 5.65. The number of pyridine rings is 2. The third kappa shape index (κ3) is 22.6. The fourth-order valence-electron chi connectivity index (χ4n) is 10.0. The van der Waals surface area contributed by atoms with Gasteiger partial charge in [-0.3, -0.25) is 67.8 Å². The molecule has 84 heavy (non-hydrogen) atoms. The summed E-state index contributed by atoms with van der Waals surface area (Å²) in [5.74, 6) is -5.52. The van der Waals surface area contributed by atoms with Crippen LogP contribution in [0.15, 0.2) is 48.8 Å². The molecule has 5 heterocycles. The van der Waals surface area contributed by atoms with Gasteiger partial charge in [0.1, 0.15) is 17.8 Å². The second-order valence-electron chi connectivity index (χ2n) is 20.7. The van der Waals surface area contributed by atoms with Crippen molar-refractivity contribution in [2.75, 3.05) is 164 Å². The SMILES string of the molecule is N#C[C@@H]1CCCN1C(=O)CNC(=O)c1ccnc2ccc(OCCCN3CCOCCN(C(=O)[C@H](CCCCNC(=O)c4ccc(F)nc4)NC(=O)CN4CCN(CC(=O)O)CCN(CC(=O)O)CCN(CC(=O)O)CC4)CCOCC3)cc12. The number of carbonyl (C=O) groups is 8. The first-order valence-corrected chi connectivity index (χ1v) is 28.4. The maximum atomic E-state index is 14.5. The highest BCUT2D eigenvalue weighted by atomic mass is 19.1. The van der Waals surface area contributed by atoms with Crippen molar-refractivity contribution in [3.05, 3.63) is 65.9 Å². The maximum absolute atomic E-state index is 14.5. The van der Waals surface area contributed by atoms with Crippen LogP contribution in [-0.2, 0) is 38.2 Å². The predicted molar refractivity (Wildman–Crippen MR) is 300 cm³/mol. The lowest BCUT2D eigenvalue weighted by Gasteiger charge is -2.33. The normalized spacial score (nSPS) is 18.4. The van der Waals surface area contributed by atoms with Crippen molar-refractivity contribution in [1.29, 1.82) is 5.26 Å². The summed E-state index contributed by atoms with van der Waals surface area (Å²) in [5.41, 5.74) is 1.09. The van der Waals surface area contributed by atoms with Gasteiger partial charge >= 0.3 is 17.9 Å². The van der Waals surface area contributed by atoms with Crippen LogP contribution in [0, 0.1) is 17.3 Å². The van der Waals surface area contributed by atoms with Crippen LogP contribution < -0.4 is 20.7 Å². The van der Waals surface area contributed by atoms with Gasteiger partial charge in [0.05, 0.1) is 88.5 Å². The van der Waals surface area contributed by atoms with Gasteiger partial charge in [-0.2, -0.15) is 9.65 Å². The van der Waals surface area contributed by atoms with Gasteiger partial charge in [-0.25, -0.2) is 4.98 Å². The molecule has 3 saturated heterocycles. The van der Waals surface area contributed by atoms with Gasteiger partial charge in [0, 0.05) is 116 Å². The number of nitrogens with one attached hydrogen (secondary N) is 3. The van der Waals surface area contributed by atoms with E-state index in [1.54, 1.807) is 48.8 Å². The Balaban J connectivity index is 1.02. The van der Waals surface area contributed by atoms with Gasteiger partial charge < -0.3 is 55.3 Å². The lowest BCUT2D eigenvalue weighted by Crippen LogP contribution is -2.53. The third-order valence-electron chi connectivity index (χ3n) is 14.6. The van der Waals surface area contributed by atoms with Crippen LogP contribution in [0.3, 0.4) is 0 Å². The minimum atomic E-state index is -1.09. The molecule has 5 amide bonds. The number of halogens is 1. The van der Waals surface area contributed by atoms with Gasteiger partial charge in [0.25, 0.3) is 11.8 Å². The van der Waals surface area contributed by atoms with Crippen LogP contribution in [0.25, 0.3) is 10.9 Å². The van der Waals surface area contributed by atoms with Crippen LogP contribution in [0.1, 0.15) is 59.2 Å². The van der Waals surface area contributed by atoms with Crippen molar-refractivity contribution in [3.8, 4) is 11.8 Å². The minimum Gasteiger partial charge on any atom is -0.494 e. The Labute approximate surface area is 486 Å². The molecule has 0 radical (unpaired) electrons. The number of benzene rings is 1. The van der Waals surface area contributed by atoms with E-state index in [1.165, 1.54) is 17.2 Å². The molecule has 2 atom stereocenters. The van der Waals surface area contributed by atoms with Crippen molar-refractivity contribution in [1.82, 2.24) is 60.2 Å². The molecule has 0 bridgehead atoms. The highest BCUT2D eigenvalue weighted by Gasteiger charge is 2.30. The number of hydrogen-bond acceptors (Lipinski definition) is 19. The summed E-state index contributed by atoms with van der Waals surface area (Å²) < 4.78 is 31.6. The molecule has 3 aliphatic heterocycles.